The Balaban J connectivity index is 2.37. The first-order valence-corrected chi connectivity index (χ1v) is 5.58. The minimum Gasteiger partial charge on any atom is -0.399 e. The van der Waals surface area contributed by atoms with Gasteiger partial charge in [-0.25, -0.2) is 0 Å². The number of rotatable bonds is 5. The second-order valence-corrected chi connectivity index (χ2v) is 4.04. The highest BCUT2D eigenvalue weighted by atomic mass is 19.4. The van der Waals surface area contributed by atoms with Crippen LogP contribution in [0.5, 0.6) is 0 Å². The lowest BCUT2D eigenvalue weighted by atomic mass is 10.2. The number of halogens is 3. The molecule has 0 saturated heterocycles. The van der Waals surface area contributed by atoms with Gasteiger partial charge in [0.05, 0.1) is 13.0 Å². The van der Waals surface area contributed by atoms with E-state index < -0.39 is 18.7 Å². The molecule has 0 aliphatic carbocycles. The van der Waals surface area contributed by atoms with Crippen LogP contribution in [0.2, 0.25) is 0 Å². The summed E-state index contributed by atoms with van der Waals surface area (Å²) >= 11 is 0. The van der Waals surface area contributed by atoms with Gasteiger partial charge in [0.1, 0.15) is 6.61 Å². The van der Waals surface area contributed by atoms with E-state index in [0.29, 0.717) is 11.4 Å². The molecule has 0 aliphatic rings. The SMILES string of the molecule is Cc1ccc(N)cc1NC(=O)CCOCC(F)(F)F. The number of carbonyl (C=O) groups is 1. The molecule has 106 valence electrons. The number of anilines is 2. The highest BCUT2D eigenvalue weighted by Crippen LogP contribution is 2.18. The minimum absolute atomic E-state index is 0.148. The smallest absolute Gasteiger partial charge is 0.399 e. The molecule has 4 nitrogen and oxygen atoms in total. The van der Waals surface area contributed by atoms with Crippen molar-refractivity contribution >= 4 is 17.3 Å². The van der Waals surface area contributed by atoms with Gasteiger partial charge in [0, 0.05) is 11.4 Å². The van der Waals surface area contributed by atoms with Crippen molar-refractivity contribution in [1.82, 2.24) is 0 Å². The quantitative estimate of drug-likeness (QED) is 0.641. The summed E-state index contributed by atoms with van der Waals surface area (Å²) in [6.07, 6.45) is -4.52. The first-order chi connectivity index (χ1) is 8.78. The van der Waals surface area contributed by atoms with Crippen molar-refractivity contribution in [1.29, 1.82) is 0 Å². The lowest BCUT2D eigenvalue weighted by Gasteiger charge is -2.10. The third-order valence-corrected chi connectivity index (χ3v) is 2.27. The van der Waals surface area contributed by atoms with Gasteiger partial charge in [-0.15, -0.1) is 0 Å². The van der Waals surface area contributed by atoms with E-state index in [2.05, 4.69) is 10.1 Å². The van der Waals surface area contributed by atoms with Crippen molar-refractivity contribution in [2.24, 2.45) is 0 Å². The topological polar surface area (TPSA) is 64.3 Å². The second-order valence-electron chi connectivity index (χ2n) is 4.04. The lowest BCUT2D eigenvalue weighted by Crippen LogP contribution is -2.20. The van der Waals surface area contributed by atoms with Crippen LogP contribution in [0.15, 0.2) is 18.2 Å². The van der Waals surface area contributed by atoms with E-state index in [1.165, 1.54) is 0 Å². The van der Waals surface area contributed by atoms with Crippen LogP contribution in [0, 0.1) is 6.92 Å². The zero-order chi connectivity index (χ0) is 14.5. The molecular weight excluding hydrogens is 261 g/mol. The Morgan fingerprint density at radius 2 is 2.11 bits per heavy atom. The molecule has 0 fully saturated rings. The van der Waals surface area contributed by atoms with Crippen molar-refractivity contribution < 1.29 is 22.7 Å². The molecule has 1 amide bonds. The number of aryl methyl sites for hydroxylation is 1. The van der Waals surface area contributed by atoms with Gasteiger partial charge in [-0.1, -0.05) is 6.07 Å². The molecule has 0 bridgehead atoms. The molecule has 0 heterocycles. The van der Waals surface area contributed by atoms with Gasteiger partial charge >= 0.3 is 6.18 Å². The third-order valence-electron chi connectivity index (χ3n) is 2.27. The van der Waals surface area contributed by atoms with Crippen LogP contribution >= 0.6 is 0 Å². The Hall–Kier alpha value is -1.76. The van der Waals surface area contributed by atoms with Crippen LogP contribution in [0.4, 0.5) is 24.5 Å². The van der Waals surface area contributed by atoms with Gasteiger partial charge in [-0.3, -0.25) is 4.79 Å². The standard InChI is InChI=1S/C12H15F3N2O2/c1-8-2-3-9(16)6-10(8)17-11(18)4-5-19-7-12(13,14)15/h2-3,6H,4-5,7,16H2,1H3,(H,17,18). The maximum atomic E-state index is 11.8. The molecule has 0 radical (unpaired) electrons. The molecule has 1 aromatic rings. The molecule has 0 unspecified atom stereocenters. The van der Waals surface area contributed by atoms with Crippen LogP contribution in [0.25, 0.3) is 0 Å². The molecule has 0 saturated carbocycles. The average Bonchev–Trinajstić information content (AvgIpc) is 2.28. The largest absolute Gasteiger partial charge is 0.411 e. The zero-order valence-corrected chi connectivity index (χ0v) is 10.4. The monoisotopic (exact) mass is 276 g/mol. The number of ether oxygens (including phenoxy) is 1. The van der Waals surface area contributed by atoms with E-state index in [1.807, 2.05) is 0 Å². The predicted molar refractivity (Wildman–Crippen MR) is 65.7 cm³/mol. The molecule has 3 N–H and O–H groups in total. The molecule has 7 heteroatoms. The zero-order valence-electron chi connectivity index (χ0n) is 10.4. The predicted octanol–water partition coefficient (Wildman–Crippen LogP) is 2.48. The summed E-state index contributed by atoms with van der Waals surface area (Å²) in [5, 5.41) is 2.57. The molecule has 1 aromatic carbocycles. The number of carbonyl (C=O) groups excluding carboxylic acids is 1. The number of hydrogen-bond donors (Lipinski definition) is 2. The van der Waals surface area contributed by atoms with Gasteiger partial charge in [-0.05, 0) is 24.6 Å². The number of hydrogen-bond acceptors (Lipinski definition) is 3. The lowest BCUT2D eigenvalue weighted by molar-refractivity contribution is -0.174. The van der Waals surface area contributed by atoms with Gasteiger partial charge in [-0.2, -0.15) is 13.2 Å². The first-order valence-electron chi connectivity index (χ1n) is 5.58. The fourth-order valence-corrected chi connectivity index (χ4v) is 1.34. The summed E-state index contributed by atoms with van der Waals surface area (Å²) in [7, 11) is 0. The van der Waals surface area contributed by atoms with E-state index in [4.69, 9.17) is 5.73 Å². The van der Waals surface area contributed by atoms with Crippen LogP contribution < -0.4 is 11.1 Å². The van der Waals surface area contributed by atoms with Gasteiger partial charge in [0.2, 0.25) is 5.91 Å². The van der Waals surface area contributed by atoms with Gasteiger partial charge < -0.3 is 15.8 Å². The van der Waals surface area contributed by atoms with Crippen LogP contribution in [-0.4, -0.2) is 25.3 Å². The van der Waals surface area contributed by atoms with Crippen molar-refractivity contribution in [2.45, 2.75) is 19.5 Å². The summed E-state index contributed by atoms with van der Waals surface area (Å²) in [6, 6.07) is 5.02. The van der Waals surface area contributed by atoms with E-state index in [9.17, 15) is 18.0 Å². The van der Waals surface area contributed by atoms with Crippen LogP contribution in [0.1, 0.15) is 12.0 Å². The highest BCUT2D eigenvalue weighted by Gasteiger charge is 2.27. The molecular formula is C12H15F3N2O2. The Bertz CT molecular complexity index is 447. The molecule has 0 spiro atoms. The third kappa shape index (κ3) is 6.10. The van der Waals surface area contributed by atoms with Crippen molar-refractivity contribution in [3.8, 4) is 0 Å². The molecule has 19 heavy (non-hydrogen) atoms. The number of alkyl halides is 3. The Morgan fingerprint density at radius 3 is 2.74 bits per heavy atom. The summed E-state index contributed by atoms with van der Waals surface area (Å²) in [5.74, 6) is -0.420. The van der Waals surface area contributed by atoms with E-state index in [-0.39, 0.29) is 13.0 Å². The molecule has 0 atom stereocenters. The van der Waals surface area contributed by atoms with E-state index in [1.54, 1.807) is 25.1 Å². The number of nitrogens with two attached hydrogens (primary N) is 1. The summed E-state index contributed by atoms with van der Waals surface area (Å²) < 4.78 is 39.7. The number of nitrogen functional groups attached to an aromatic ring is 1. The first kappa shape index (κ1) is 15.3. The second kappa shape index (κ2) is 6.42. The Labute approximate surface area is 108 Å². The number of benzene rings is 1. The van der Waals surface area contributed by atoms with Crippen LogP contribution in [0.3, 0.4) is 0 Å². The normalized spacial score (nSPS) is 11.4. The van der Waals surface area contributed by atoms with Crippen molar-refractivity contribution in [3.05, 3.63) is 23.8 Å². The van der Waals surface area contributed by atoms with E-state index >= 15 is 0 Å². The van der Waals surface area contributed by atoms with Crippen molar-refractivity contribution in [2.75, 3.05) is 24.3 Å². The van der Waals surface area contributed by atoms with Crippen LogP contribution in [-0.2, 0) is 9.53 Å². The summed E-state index contributed by atoms with van der Waals surface area (Å²) in [5.41, 5.74) is 7.43. The fourth-order valence-electron chi connectivity index (χ4n) is 1.34. The van der Waals surface area contributed by atoms with Gasteiger partial charge in [0.25, 0.3) is 0 Å². The Kier molecular flexibility index (Phi) is 5.17. The minimum atomic E-state index is -4.37. The highest BCUT2D eigenvalue weighted by molar-refractivity contribution is 5.92. The van der Waals surface area contributed by atoms with Crippen molar-refractivity contribution in [3.63, 3.8) is 0 Å². The fraction of sp³-hybridized carbons (Fsp3) is 0.417. The molecule has 1 rings (SSSR count). The number of amides is 1. The maximum absolute atomic E-state index is 11.8. The molecule has 0 aromatic heterocycles. The Morgan fingerprint density at radius 1 is 1.42 bits per heavy atom. The van der Waals surface area contributed by atoms with Gasteiger partial charge in [0.15, 0.2) is 0 Å². The molecule has 0 aliphatic heterocycles. The summed E-state index contributed by atoms with van der Waals surface area (Å²) in [6.45, 7) is 0.152. The number of nitrogens with one attached hydrogen (secondary N) is 1. The van der Waals surface area contributed by atoms with E-state index in [0.717, 1.165) is 5.56 Å². The average molecular weight is 276 g/mol. The summed E-state index contributed by atoms with van der Waals surface area (Å²) in [4.78, 5) is 11.5. The maximum Gasteiger partial charge on any atom is 0.411 e.